The fraction of sp³-hybridized carbons (Fsp3) is 0.514. The van der Waals surface area contributed by atoms with Crippen LogP contribution in [0.25, 0.3) is 10.9 Å². The van der Waals surface area contributed by atoms with E-state index in [4.69, 9.17) is 29.4 Å². The molecule has 1 aromatic heterocycles. The summed E-state index contributed by atoms with van der Waals surface area (Å²) in [6.45, 7) is 13.2. The zero-order chi connectivity index (χ0) is 73.4. The highest BCUT2D eigenvalue weighted by Crippen LogP contribution is 2.67. The minimum atomic E-state index is -2.46. The van der Waals surface area contributed by atoms with E-state index in [0.717, 1.165) is 5.39 Å². The Morgan fingerprint density at radius 2 is 1.44 bits per heavy atom. The smallest absolute Gasteiger partial charge is 0.408 e. The van der Waals surface area contributed by atoms with Gasteiger partial charge in [-0.05, 0) is 115 Å². The zero-order valence-electron chi connectivity index (χ0n) is 57.3. The first kappa shape index (κ1) is 76.2. The van der Waals surface area contributed by atoms with Crippen LogP contribution in [0.4, 0.5) is 4.79 Å². The number of ether oxygens (including phenoxy) is 5. The maximum Gasteiger partial charge on any atom is 0.408 e. The number of carbonyl (C=O) groups excluding carboxylic acids is 11. The molecule has 28 heteroatoms. The summed E-state index contributed by atoms with van der Waals surface area (Å²) in [7, 11) is 0. The minimum absolute atomic E-state index is 0.0325. The highest BCUT2D eigenvalue weighted by Gasteiger charge is 2.76. The normalized spacial score (nSPS) is 25.1. The largest absolute Gasteiger partial charge is 0.480 e. The van der Waals surface area contributed by atoms with Gasteiger partial charge in [0.1, 0.15) is 65.2 Å². The van der Waals surface area contributed by atoms with Crippen LogP contribution in [0, 0.1) is 22.2 Å². The molecule has 1 unspecified atom stereocenters. The number of carbonyl (C=O) groups is 12. The second-order valence-corrected chi connectivity index (χ2v) is 28.0. The van der Waals surface area contributed by atoms with Gasteiger partial charge in [0.2, 0.25) is 29.7 Å². The lowest BCUT2D eigenvalue weighted by Gasteiger charge is -2.68. The Bertz CT molecular complexity index is 3820. The van der Waals surface area contributed by atoms with E-state index in [-0.39, 0.29) is 85.4 Å². The van der Waals surface area contributed by atoms with Crippen molar-refractivity contribution in [2.45, 2.75) is 199 Å². The Labute approximate surface area is 577 Å². The first-order valence-corrected chi connectivity index (χ1v) is 33.2. The Morgan fingerprint density at radius 3 is 2.07 bits per heavy atom. The summed E-state index contributed by atoms with van der Waals surface area (Å²) in [5.74, 6) is -11.5. The van der Waals surface area contributed by atoms with Gasteiger partial charge in [-0.1, -0.05) is 86.6 Å². The molecule has 1 saturated heterocycles. The standard InChI is InChI=1S/C72H89N7O21/c1-38(80)35-71-37-96-50(71)34-49(81)70(9)58(71)60(99-65(92)43-23-14-11-15-24-43)72(95)36-48(39(2)54(69(72,7)8)56(85)59(70)86)97-66(93)57(55(42-21-12-10-13-22-42)79-67(94)100-68(4,5)6)98-53(84)32-31-51(82)74-33-19-18-26-47(64(90)91)77-52(83)30-29-45(61(73)87)78-62(88)40(3)75-63(89)46-28-27-41-20-16-17-25-44(41)76-46/h10-17,20-25,27-28,40,45,47-50,55-58,60,81,85,95H,18-19,26,29-37H2,1-9H3,(H2,73,87)(H,74,82)(H,75,89)(H,77,83)(H,78,88)(H,79,94)(H,90,91)/t40-,45+,47?,48-,49-,50+,55-,56+,57+,58-,60-,70+,71+,72+/m0/s1. The molecule has 3 aromatic carbocycles. The number of hydrogen-bond donors (Lipinski definition) is 10. The number of aromatic nitrogens is 1. The third-order valence-electron chi connectivity index (χ3n) is 19.6. The molecule has 2 bridgehead atoms. The van der Waals surface area contributed by atoms with Crippen LogP contribution in [0.3, 0.4) is 0 Å². The number of Topliss-reactive ketones (excluding diaryl/α,β-unsaturated/α-hetero) is 2. The van der Waals surface area contributed by atoms with Gasteiger partial charge in [0.05, 0.1) is 41.7 Å². The van der Waals surface area contributed by atoms with Crippen molar-refractivity contribution in [3.8, 4) is 0 Å². The van der Waals surface area contributed by atoms with Crippen molar-refractivity contribution in [3.05, 3.63) is 125 Å². The predicted molar refractivity (Wildman–Crippen MR) is 355 cm³/mol. The van der Waals surface area contributed by atoms with Gasteiger partial charge >= 0.3 is 30.0 Å². The van der Waals surface area contributed by atoms with E-state index >= 15 is 9.59 Å². The third kappa shape index (κ3) is 16.9. The van der Waals surface area contributed by atoms with Gasteiger partial charge in [0, 0.05) is 60.8 Å². The number of nitrogens with two attached hydrogens (primary N) is 1. The number of hydrogen-bond acceptors (Lipinski definition) is 21. The number of aliphatic hydroxyl groups is 3. The number of pyridine rings is 1. The Morgan fingerprint density at radius 1 is 0.780 bits per heavy atom. The van der Waals surface area contributed by atoms with Crippen molar-refractivity contribution in [1.29, 1.82) is 0 Å². The van der Waals surface area contributed by atoms with Crippen molar-refractivity contribution in [3.63, 3.8) is 0 Å². The van der Waals surface area contributed by atoms with Gasteiger partial charge in [0.15, 0.2) is 5.78 Å². The second kappa shape index (κ2) is 31.4. The average molecular weight is 1390 g/mol. The maximum atomic E-state index is 15.4. The molecule has 100 heavy (non-hydrogen) atoms. The van der Waals surface area contributed by atoms with Gasteiger partial charge in [-0.3, -0.25) is 33.6 Å². The Balaban J connectivity index is 0.943. The van der Waals surface area contributed by atoms with Gasteiger partial charge in [-0.2, -0.15) is 0 Å². The van der Waals surface area contributed by atoms with Crippen molar-refractivity contribution in [2.75, 3.05) is 13.2 Å². The number of benzene rings is 3. The molecule has 14 atom stereocenters. The summed E-state index contributed by atoms with van der Waals surface area (Å²) in [4.78, 5) is 168. The number of aliphatic carboxylic acids is 1. The molecule has 2 saturated carbocycles. The molecule has 0 spiro atoms. The average Bonchev–Trinajstić information content (AvgIpc) is 0.670. The van der Waals surface area contributed by atoms with Crippen LogP contribution in [0.15, 0.2) is 108 Å². The van der Waals surface area contributed by atoms with E-state index < -0.39 is 185 Å². The van der Waals surface area contributed by atoms with E-state index in [1.807, 2.05) is 12.1 Å². The molecule has 11 N–H and O–H groups in total. The lowest BCUT2D eigenvalue weighted by atomic mass is 9.41. The summed E-state index contributed by atoms with van der Waals surface area (Å²) in [5.41, 5.74) is -2.43. The number of esters is 3. The molecule has 3 aliphatic carbocycles. The lowest BCUT2D eigenvalue weighted by Crippen LogP contribution is -2.78. The van der Waals surface area contributed by atoms with E-state index in [1.54, 1.807) is 75.4 Å². The fourth-order valence-corrected chi connectivity index (χ4v) is 14.3. The van der Waals surface area contributed by atoms with Crippen LogP contribution in [-0.2, 0) is 66.8 Å². The highest BCUT2D eigenvalue weighted by molar-refractivity contribution is 5.99. The van der Waals surface area contributed by atoms with Gasteiger partial charge < -0.3 is 81.2 Å². The number of carboxylic acids is 1. The number of ketones is 2. The van der Waals surface area contributed by atoms with Crippen molar-refractivity contribution < 1.29 is 102 Å². The number of carboxylic acid groups (broad SMARTS) is 1. The van der Waals surface area contributed by atoms with Gasteiger partial charge in [0.25, 0.3) is 5.91 Å². The van der Waals surface area contributed by atoms with Gasteiger partial charge in [-0.25, -0.2) is 24.2 Å². The highest BCUT2D eigenvalue weighted by atomic mass is 16.6. The van der Waals surface area contributed by atoms with Crippen molar-refractivity contribution >= 4 is 82.0 Å². The molecule has 28 nitrogen and oxygen atoms in total. The molecule has 6 amide bonds. The Kier molecular flexibility index (Phi) is 23.9. The van der Waals surface area contributed by atoms with Crippen LogP contribution >= 0.6 is 0 Å². The molecule has 8 rings (SSSR count). The molecular formula is C72H89N7O21. The number of amides is 6. The molecular weight excluding hydrogens is 1300 g/mol. The third-order valence-corrected chi connectivity index (χ3v) is 19.6. The number of nitrogens with zero attached hydrogens (tertiary/aromatic N) is 1. The van der Waals surface area contributed by atoms with E-state index in [0.29, 0.717) is 5.52 Å². The predicted octanol–water partition coefficient (Wildman–Crippen LogP) is 4.23. The van der Waals surface area contributed by atoms with E-state index in [2.05, 4.69) is 31.6 Å². The van der Waals surface area contributed by atoms with Crippen molar-refractivity contribution in [1.82, 2.24) is 31.6 Å². The summed E-state index contributed by atoms with van der Waals surface area (Å²) < 4.78 is 30.4. The van der Waals surface area contributed by atoms with Crippen LogP contribution in [-0.4, -0.2) is 176 Å². The molecule has 1 aliphatic heterocycles. The van der Waals surface area contributed by atoms with E-state index in [9.17, 15) is 68.4 Å². The molecule has 4 aromatic rings. The summed E-state index contributed by atoms with van der Waals surface area (Å²) in [6.07, 6.45) is -14.0. The molecule has 3 fully saturated rings. The van der Waals surface area contributed by atoms with Crippen LogP contribution in [0.5, 0.6) is 0 Å². The number of nitrogens with one attached hydrogen (secondary N) is 5. The number of unbranched alkanes of at least 4 members (excludes halogenated alkanes) is 1. The van der Waals surface area contributed by atoms with Gasteiger partial charge in [-0.15, -0.1) is 0 Å². The molecule has 0 radical (unpaired) electrons. The number of alkyl carbamates (subject to hydrolysis) is 1. The lowest BCUT2D eigenvalue weighted by molar-refractivity contribution is -0.319. The quantitative estimate of drug-likeness (QED) is 0.0165. The first-order chi connectivity index (χ1) is 47.0. The SMILES string of the molecule is CC(=O)C[C@@]12CO[C@@H]1C[C@H](O)[C@@]1(C)C(=O)[C@H](O)C3=C(C)[C@@H](OC(=O)[C@H](OC(=O)CCC(=O)NCCCCC(NC(=O)CC[C@@H](NC(=O)[C@H](C)NC(=O)c4ccc5ccccc5n4)C(N)=O)C(=O)O)[C@@H](NC(=O)OC(C)(C)C)c4ccccc4)C[C@@](O)([C@@H](OC(=O)c4ccccc4)[C@H]21)C3(C)C. The zero-order valence-corrected chi connectivity index (χ0v) is 57.3. The minimum Gasteiger partial charge on any atom is -0.480 e. The summed E-state index contributed by atoms with van der Waals surface area (Å²) in [6, 6.07) is 20.3. The number of para-hydroxylation sites is 1. The van der Waals surface area contributed by atoms with Crippen LogP contribution in [0.1, 0.15) is 159 Å². The van der Waals surface area contributed by atoms with Crippen LogP contribution in [0.2, 0.25) is 0 Å². The maximum absolute atomic E-state index is 15.4. The second-order valence-electron chi connectivity index (χ2n) is 28.0. The first-order valence-electron chi connectivity index (χ1n) is 33.2. The topological polar surface area (TPSA) is 431 Å². The van der Waals surface area contributed by atoms with Crippen molar-refractivity contribution in [2.24, 2.45) is 27.9 Å². The summed E-state index contributed by atoms with van der Waals surface area (Å²) in [5, 5.41) is 62.0. The van der Waals surface area contributed by atoms with Crippen LogP contribution < -0.4 is 32.3 Å². The number of aliphatic hydroxyl groups excluding tert-OH is 2. The molecule has 538 valence electrons. The number of rotatable bonds is 28. The monoisotopic (exact) mass is 1390 g/mol. The number of primary amides is 1. The Hall–Kier alpha value is -9.51. The molecule has 2 heterocycles. The molecule has 4 aliphatic rings. The summed E-state index contributed by atoms with van der Waals surface area (Å²) >= 11 is 0. The number of fused-ring (bicyclic) bond motifs is 6. The van der Waals surface area contributed by atoms with E-state index in [1.165, 1.54) is 71.9 Å². The fourth-order valence-electron chi connectivity index (χ4n) is 14.3.